The van der Waals surface area contributed by atoms with Crippen molar-refractivity contribution in [2.75, 3.05) is 6.61 Å². The molecule has 2 aromatic rings. The predicted molar refractivity (Wildman–Crippen MR) is 114 cm³/mol. The maximum Gasteiger partial charge on any atom is 0.192 e. The molecule has 152 valence electrons. The van der Waals surface area contributed by atoms with Crippen LogP contribution < -0.4 is 9.47 Å². The molecule has 0 aromatic heterocycles. The second kappa shape index (κ2) is 9.59. The van der Waals surface area contributed by atoms with E-state index in [-0.39, 0.29) is 18.8 Å². The lowest BCUT2D eigenvalue weighted by Crippen LogP contribution is -2.49. The van der Waals surface area contributed by atoms with Crippen molar-refractivity contribution in [2.24, 2.45) is 0 Å². The Morgan fingerprint density at radius 2 is 1.75 bits per heavy atom. The van der Waals surface area contributed by atoms with Gasteiger partial charge in [-0.3, -0.25) is 0 Å². The van der Waals surface area contributed by atoms with Crippen molar-refractivity contribution in [3.05, 3.63) is 59.7 Å². The quantitative estimate of drug-likeness (QED) is 0.605. The molecule has 4 nitrogen and oxygen atoms in total. The van der Waals surface area contributed by atoms with Gasteiger partial charge in [0, 0.05) is 12.5 Å². The molecular formula is C23H32O4Si. The minimum atomic E-state index is -1.76. The minimum absolute atomic E-state index is 0.0408. The topological polar surface area (TPSA) is 47.9 Å². The summed E-state index contributed by atoms with van der Waals surface area (Å²) >= 11 is 0. The van der Waals surface area contributed by atoms with E-state index in [1.165, 1.54) is 0 Å². The van der Waals surface area contributed by atoms with Crippen molar-refractivity contribution in [1.29, 1.82) is 0 Å². The zero-order valence-corrected chi connectivity index (χ0v) is 18.2. The molecule has 2 atom stereocenters. The summed E-state index contributed by atoms with van der Waals surface area (Å²) in [5.41, 5.74) is 2.25. The fraction of sp³-hybridized carbons (Fsp3) is 0.478. The number of benzene rings is 2. The molecule has 0 bridgehead atoms. The van der Waals surface area contributed by atoms with E-state index in [0.717, 1.165) is 47.2 Å². The first-order chi connectivity index (χ1) is 13.6. The maximum absolute atomic E-state index is 9.90. The SMILES string of the molecule is CC[Si](CC)(CC)O[C@H]1Cc2ccc(OCc3ccccc3)cc2O[C@@H]1CO. The molecule has 0 saturated heterocycles. The monoisotopic (exact) mass is 400 g/mol. The summed E-state index contributed by atoms with van der Waals surface area (Å²) in [6.45, 7) is 7.15. The van der Waals surface area contributed by atoms with Gasteiger partial charge in [-0.05, 0) is 35.3 Å². The van der Waals surface area contributed by atoms with E-state index < -0.39 is 8.32 Å². The van der Waals surface area contributed by atoms with Crippen LogP contribution in [0.2, 0.25) is 18.1 Å². The lowest BCUT2D eigenvalue weighted by atomic mass is 9.99. The number of aliphatic hydroxyl groups is 1. The van der Waals surface area contributed by atoms with Gasteiger partial charge in [0.15, 0.2) is 8.32 Å². The molecule has 3 rings (SSSR count). The van der Waals surface area contributed by atoms with Gasteiger partial charge < -0.3 is 19.0 Å². The molecule has 0 fully saturated rings. The van der Waals surface area contributed by atoms with Crippen LogP contribution in [0.3, 0.4) is 0 Å². The molecule has 1 N–H and O–H groups in total. The molecule has 0 aliphatic carbocycles. The molecule has 28 heavy (non-hydrogen) atoms. The number of hydrogen-bond donors (Lipinski definition) is 1. The number of aliphatic hydroxyl groups excluding tert-OH is 1. The second-order valence-electron chi connectivity index (χ2n) is 7.49. The van der Waals surface area contributed by atoms with Gasteiger partial charge in [0.25, 0.3) is 0 Å². The van der Waals surface area contributed by atoms with Gasteiger partial charge >= 0.3 is 0 Å². The third kappa shape index (κ3) is 4.77. The zero-order valence-electron chi connectivity index (χ0n) is 17.2. The maximum atomic E-state index is 9.90. The molecular weight excluding hydrogens is 368 g/mol. The lowest BCUT2D eigenvalue weighted by Gasteiger charge is -2.39. The van der Waals surface area contributed by atoms with Crippen LogP contribution in [0, 0.1) is 0 Å². The summed E-state index contributed by atoms with van der Waals surface area (Å²) in [4.78, 5) is 0. The summed E-state index contributed by atoms with van der Waals surface area (Å²) in [6.07, 6.45) is 0.363. The van der Waals surface area contributed by atoms with Crippen LogP contribution in [0.5, 0.6) is 11.5 Å². The standard InChI is InChI=1S/C23H32O4Si/c1-4-28(5-2,6-3)27-22-14-19-12-13-20(15-21(19)26-23(22)16-24)25-17-18-10-8-7-9-11-18/h7-13,15,22-24H,4-6,14,16-17H2,1-3H3/t22-,23+/m0/s1. The third-order valence-corrected chi connectivity index (χ3v) is 10.6. The van der Waals surface area contributed by atoms with Gasteiger partial charge in [0.05, 0.1) is 12.7 Å². The lowest BCUT2D eigenvalue weighted by molar-refractivity contribution is -0.00220. The van der Waals surface area contributed by atoms with Crippen molar-refractivity contribution in [2.45, 2.75) is 64.1 Å². The highest BCUT2D eigenvalue weighted by Gasteiger charge is 2.38. The smallest absolute Gasteiger partial charge is 0.192 e. The first kappa shape index (κ1) is 20.9. The van der Waals surface area contributed by atoms with Gasteiger partial charge in [-0.15, -0.1) is 0 Å². The summed E-state index contributed by atoms with van der Waals surface area (Å²) in [6, 6.07) is 19.4. The molecule has 1 aliphatic heterocycles. The molecule has 0 amide bonds. The van der Waals surface area contributed by atoms with Crippen LogP contribution in [0.4, 0.5) is 0 Å². The van der Waals surface area contributed by atoms with Crippen LogP contribution in [-0.2, 0) is 17.5 Å². The highest BCUT2D eigenvalue weighted by atomic mass is 28.4. The average molecular weight is 401 g/mol. The highest BCUT2D eigenvalue weighted by molar-refractivity contribution is 6.73. The third-order valence-electron chi connectivity index (χ3n) is 5.92. The molecule has 5 heteroatoms. The van der Waals surface area contributed by atoms with E-state index in [1.54, 1.807) is 0 Å². The summed E-state index contributed by atoms with van der Waals surface area (Å²) in [7, 11) is -1.76. The zero-order chi connectivity index (χ0) is 20.0. The number of ether oxygens (including phenoxy) is 2. The van der Waals surface area contributed by atoms with Crippen molar-refractivity contribution in [1.82, 2.24) is 0 Å². The van der Waals surface area contributed by atoms with Crippen LogP contribution in [0.15, 0.2) is 48.5 Å². The van der Waals surface area contributed by atoms with Gasteiger partial charge in [0.1, 0.15) is 24.2 Å². The second-order valence-corrected chi connectivity index (χ2v) is 12.2. The summed E-state index contributed by atoms with van der Waals surface area (Å²) < 4.78 is 18.7. The van der Waals surface area contributed by atoms with E-state index in [1.807, 2.05) is 42.5 Å². The molecule has 2 aromatic carbocycles. The van der Waals surface area contributed by atoms with Gasteiger partial charge in [0.2, 0.25) is 0 Å². The van der Waals surface area contributed by atoms with Crippen LogP contribution >= 0.6 is 0 Å². The number of rotatable bonds is 9. The fourth-order valence-corrected chi connectivity index (χ4v) is 6.70. The molecule has 0 saturated carbocycles. The average Bonchev–Trinajstić information content (AvgIpc) is 2.76. The summed E-state index contributed by atoms with van der Waals surface area (Å²) in [5.74, 6) is 1.57. The van der Waals surface area contributed by atoms with E-state index in [2.05, 4.69) is 26.8 Å². The Kier molecular flexibility index (Phi) is 7.16. The normalized spacial score (nSPS) is 19.0. The van der Waals surface area contributed by atoms with E-state index in [0.29, 0.717) is 6.61 Å². The van der Waals surface area contributed by atoms with Crippen LogP contribution in [0.1, 0.15) is 31.9 Å². The van der Waals surface area contributed by atoms with Crippen molar-refractivity contribution >= 4 is 8.32 Å². The van der Waals surface area contributed by atoms with E-state index in [9.17, 15) is 5.11 Å². The van der Waals surface area contributed by atoms with Crippen LogP contribution in [-0.4, -0.2) is 32.2 Å². The van der Waals surface area contributed by atoms with Crippen molar-refractivity contribution < 1.29 is 19.0 Å². The Bertz CT molecular complexity index is 737. The Hall–Kier alpha value is -1.82. The van der Waals surface area contributed by atoms with Crippen LogP contribution in [0.25, 0.3) is 0 Å². The molecule has 1 heterocycles. The Labute approximate surface area is 169 Å². The molecule has 0 spiro atoms. The van der Waals surface area contributed by atoms with Gasteiger partial charge in [-0.2, -0.15) is 0 Å². The van der Waals surface area contributed by atoms with Crippen molar-refractivity contribution in [3.63, 3.8) is 0 Å². The molecule has 0 radical (unpaired) electrons. The number of hydrogen-bond acceptors (Lipinski definition) is 4. The van der Waals surface area contributed by atoms with E-state index >= 15 is 0 Å². The van der Waals surface area contributed by atoms with Gasteiger partial charge in [-0.1, -0.05) is 57.2 Å². The first-order valence-corrected chi connectivity index (χ1v) is 12.9. The minimum Gasteiger partial charge on any atom is -0.489 e. The fourth-order valence-electron chi connectivity index (χ4n) is 3.82. The largest absolute Gasteiger partial charge is 0.489 e. The Morgan fingerprint density at radius 3 is 2.39 bits per heavy atom. The Morgan fingerprint density at radius 1 is 1.04 bits per heavy atom. The predicted octanol–water partition coefficient (Wildman–Crippen LogP) is 4.95. The summed E-state index contributed by atoms with van der Waals surface area (Å²) in [5, 5.41) is 9.90. The number of fused-ring (bicyclic) bond motifs is 1. The van der Waals surface area contributed by atoms with Gasteiger partial charge in [-0.25, -0.2) is 0 Å². The molecule has 0 unspecified atom stereocenters. The van der Waals surface area contributed by atoms with E-state index in [4.69, 9.17) is 13.9 Å². The highest BCUT2D eigenvalue weighted by Crippen LogP contribution is 2.35. The Balaban J connectivity index is 1.71. The van der Waals surface area contributed by atoms with Crippen molar-refractivity contribution in [3.8, 4) is 11.5 Å². The molecule has 1 aliphatic rings. The first-order valence-electron chi connectivity index (χ1n) is 10.4.